The van der Waals surface area contributed by atoms with Gasteiger partial charge >= 0.3 is 5.97 Å². The molecular weight excluding hydrogens is 460 g/mol. The number of nitrogens with zero attached hydrogens (tertiary/aromatic N) is 2. The highest BCUT2D eigenvalue weighted by atomic mass is 32.1. The van der Waals surface area contributed by atoms with Gasteiger partial charge in [-0.3, -0.25) is 10.0 Å². The van der Waals surface area contributed by atoms with Gasteiger partial charge in [-0.25, -0.2) is 9.78 Å². The van der Waals surface area contributed by atoms with Crippen molar-refractivity contribution < 1.29 is 23.9 Å². The van der Waals surface area contributed by atoms with Crippen LogP contribution in [0, 0.1) is 12.1 Å². The predicted octanol–water partition coefficient (Wildman–Crippen LogP) is 4.85. The van der Waals surface area contributed by atoms with Crippen molar-refractivity contribution in [2.45, 2.75) is 33.3 Å². The Morgan fingerprint density at radius 3 is 2.65 bits per heavy atom. The van der Waals surface area contributed by atoms with E-state index in [1.807, 2.05) is 13.8 Å². The summed E-state index contributed by atoms with van der Waals surface area (Å²) in [6, 6.07) is 8.68. The minimum atomic E-state index is -0.972. The number of esters is 1. The molecule has 0 spiro atoms. The molecule has 0 radical (unpaired) electrons. The average molecular weight is 482 g/mol. The molecule has 10 heteroatoms. The van der Waals surface area contributed by atoms with Gasteiger partial charge in [0.05, 0.1) is 16.6 Å². The Morgan fingerprint density at radius 2 is 2.03 bits per heavy atom. The van der Waals surface area contributed by atoms with Crippen molar-refractivity contribution >= 4 is 34.0 Å². The van der Waals surface area contributed by atoms with Gasteiger partial charge in [-0.1, -0.05) is 6.92 Å². The number of hydrogen-bond acceptors (Lipinski definition) is 10. The Morgan fingerprint density at radius 1 is 1.29 bits per heavy atom. The van der Waals surface area contributed by atoms with Crippen LogP contribution in [0.4, 0.5) is 5.69 Å². The molecule has 0 aliphatic carbocycles. The van der Waals surface area contributed by atoms with Crippen molar-refractivity contribution in [1.82, 2.24) is 4.98 Å². The van der Waals surface area contributed by atoms with Crippen molar-refractivity contribution in [1.29, 1.82) is 0 Å². The third-order valence-corrected chi connectivity index (χ3v) is 6.05. The molecule has 0 aliphatic rings. The lowest BCUT2D eigenvalue weighted by atomic mass is 10.1. The first kappa shape index (κ1) is 23.4. The van der Waals surface area contributed by atoms with Gasteiger partial charge in [0.15, 0.2) is 6.10 Å². The monoisotopic (exact) mass is 481 g/mol. The van der Waals surface area contributed by atoms with E-state index in [9.17, 15) is 14.8 Å². The number of ether oxygens (including phenoxy) is 2. The third-order valence-electron chi connectivity index (χ3n) is 5.10. The highest BCUT2D eigenvalue weighted by molar-refractivity contribution is 7.14. The quantitative estimate of drug-likeness (QED) is 0.224. The summed E-state index contributed by atoms with van der Waals surface area (Å²) in [5.74, 6) is -0.0666. The Hall–Kier alpha value is -3.73. The smallest absolute Gasteiger partial charge is 0.352 e. The zero-order chi connectivity index (χ0) is 24.4. The predicted molar refractivity (Wildman–Crippen MR) is 128 cm³/mol. The van der Waals surface area contributed by atoms with Crippen LogP contribution >= 0.6 is 11.3 Å². The molecule has 1 atom stereocenters. The highest BCUT2D eigenvalue weighted by Crippen LogP contribution is 2.29. The van der Waals surface area contributed by atoms with Gasteiger partial charge < -0.3 is 24.3 Å². The molecule has 0 saturated heterocycles. The Kier molecular flexibility index (Phi) is 6.64. The molecule has 2 aromatic heterocycles. The first-order valence-corrected chi connectivity index (χ1v) is 11.2. The number of aryl methyl sites for hydroxylation is 2. The van der Waals surface area contributed by atoms with Crippen molar-refractivity contribution in [3.05, 3.63) is 74.7 Å². The van der Waals surface area contributed by atoms with E-state index in [1.165, 1.54) is 48.8 Å². The van der Waals surface area contributed by atoms with E-state index in [4.69, 9.17) is 19.1 Å². The Bertz CT molecular complexity index is 1390. The zero-order valence-electron chi connectivity index (χ0n) is 18.6. The molecular formula is C24H21N2O7S-. The van der Waals surface area contributed by atoms with Crippen LogP contribution in [0.5, 0.6) is 11.5 Å². The van der Waals surface area contributed by atoms with Gasteiger partial charge in [0.2, 0.25) is 5.43 Å². The molecule has 9 nitrogen and oxygen atoms in total. The summed E-state index contributed by atoms with van der Waals surface area (Å²) in [7, 11) is 0. The van der Waals surface area contributed by atoms with Gasteiger partial charge in [0, 0.05) is 17.1 Å². The molecule has 0 fully saturated rings. The summed E-state index contributed by atoms with van der Waals surface area (Å²) in [6.07, 6.45) is 2.68. The molecule has 0 aliphatic heterocycles. The topological polar surface area (TPSA) is 125 Å². The van der Waals surface area contributed by atoms with E-state index in [1.54, 1.807) is 18.3 Å². The van der Waals surface area contributed by atoms with Crippen molar-refractivity contribution in [2.75, 3.05) is 5.23 Å². The molecule has 176 valence electrons. The highest BCUT2D eigenvalue weighted by Gasteiger charge is 2.21. The summed E-state index contributed by atoms with van der Waals surface area (Å²) in [5.41, 5.74) is 1.27. The first-order valence-electron chi connectivity index (χ1n) is 10.4. The van der Waals surface area contributed by atoms with E-state index in [0.29, 0.717) is 33.7 Å². The summed E-state index contributed by atoms with van der Waals surface area (Å²) >= 11 is 1.41. The number of carbonyl (C=O) groups is 1. The van der Waals surface area contributed by atoms with E-state index in [0.717, 1.165) is 10.4 Å². The van der Waals surface area contributed by atoms with E-state index < -0.39 is 12.1 Å². The van der Waals surface area contributed by atoms with Gasteiger partial charge in [-0.2, -0.15) is 0 Å². The zero-order valence-corrected chi connectivity index (χ0v) is 19.4. The maximum absolute atomic E-state index is 13.1. The SMILES string of the molecule is CCc1cc2c(=O)c(-c3ncc(C)s3)coc2cc1O[C@H](C)C(=O)Oc1ccc(N([O-])O)cc1. The fourth-order valence-electron chi connectivity index (χ4n) is 3.29. The number of aromatic nitrogens is 1. The number of fused-ring (bicyclic) bond motifs is 1. The number of carbonyl (C=O) groups excluding carboxylic acids is 1. The van der Waals surface area contributed by atoms with E-state index in [-0.39, 0.29) is 22.1 Å². The molecule has 2 heterocycles. The maximum Gasteiger partial charge on any atom is 0.352 e. The normalized spacial score (nSPS) is 11.9. The van der Waals surface area contributed by atoms with Crippen LogP contribution in [0.1, 0.15) is 24.3 Å². The molecule has 4 aromatic rings. The van der Waals surface area contributed by atoms with Crippen molar-refractivity contribution in [3.8, 4) is 22.1 Å². The largest absolute Gasteiger partial charge is 0.733 e. The second kappa shape index (κ2) is 9.64. The minimum Gasteiger partial charge on any atom is -0.733 e. The van der Waals surface area contributed by atoms with Crippen LogP contribution < -0.4 is 20.1 Å². The van der Waals surface area contributed by atoms with Gasteiger partial charge in [-0.15, -0.1) is 11.3 Å². The molecule has 1 N–H and O–H groups in total. The maximum atomic E-state index is 13.1. The fourth-order valence-corrected chi connectivity index (χ4v) is 4.06. The summed E-state index contributed by atoms with van der Waals surface area (Å²) in [6.45, 7) is 5.37. The summed E-state index contributed by atoms with van der Waals surface area (Å²) in [5, 5.41) is 20.5. The Balaban J connectivity index is 1.57. The second-order valence-corrected chi connectivity index (χ2v) is 8.75. The van der Waals surface area contributed by atoms with Crippen LogP contribution in [-0.2, 0) is 11.2 Å². The van der Waals surface area contributed by atoms with Crippen molar-refractivity contribution in [3.63, 3.8) is 0 Å². The molecule has 0 bridgehead atoms. The van der Waals surface area contributed by atoms with Crippen LogP contribution in [0.2, 0.25) is 0 Å². The molecule has 4 rings (SSSR count). The number of hydrogen-bond donors (Lipinski definition) is 1. The summed E-state index contributed by atoms with van der Waals surface area (Å²) in [4.78, 5) is 30.8. The van der Waals surface area contributed by atoms with Gasteiger partial charge in [-0.05, 0) is 56.2 Å². The lowest BCUT2D eigenvalue weighted by molar-refractivity contribution is -0.141. The molecule has 34 heavy (non-hydrogen) atoms. The number of benzene rings is 2. The molecule has 0 saturated carbocycles. The minimum absolute atomic E-state index is 0.00231. The lowest BCUT2D eigenvalue weighted by Crippen LogP contribution is -2.28. The number of rotatable bonds is 7. The van der Waals surface area contributed by atoms with Crippen LogP contribution in [-0.4, -0.2) is 22.3 Å². The van der Waals surface area contributed by atoms with Crippen LogP contribution in [0.25, 0.3) is 21.5 Å². The van der Waals surface area contributed by atoms with E-state index in [2.05, 4.69) is 4.98 Å². The standard InChI is InChI=1S/C24H21N2O7S/c1-4-15-9-18-21(31-12-19(22(18)27)23-25-11-13(2)34-23)10-20(15)32-14(3)24(28)33-17-7-5-16(6-8-17)26(29)30/h5-12,14,29H,4H2,1-3H3/q-1/t14-/m1/s1. The van der Waals surface area contributed by atoms with Crippen LogP contribution in [0.3, 0.4) is 0 Å². The Labute approximate surface area is 198 Å². The summed E-state index contributed by atoms with van der Waals surface area (Å²) < 4.78 is 16.9. The van der Waals surface area contributed by atoms with Gasteiger partial charge in [0.25, 0.3) is 0 Å². The first-order chi connectivity index (χ1) is 16.3. The number of thiazole rings is 1. The third kappa shape index (κ3) is 4.79. The van der Waals surface area contributed by atoms with E-state index >= 15 is 0 Å². The van der Waals surface area contributed by atoms with Crippen LogP contribution in [0.15, 0.2) is 58.1 Å². The number of anilines is 1. The fraction of sp³-hybridized carbons (Fsp3) is 0.208. The average Bonchev–Trinajstić information content (AvgIpc) is 3.25. The second-order valence-electron chi connectivity index (χ2n) is 7.51. The van der Waals surface area contributed by atoms with Gasteiger partial charge in [0.1, 0.15) is 28.4 Å². The lowest BCUT2D eigenvalue weighted by Gasteiger charge is -2.21. The van der Waals surface area contributed by atoms with Crippen molar-refractivity contribution in [2.24, 2.45) is 0 Å². The molecule has 0 unspecified atom stereocenters. The molecule has 2 aromatic carbocycles. The molecule has 0 amide bonds.